The first-order valence-corrected chi connectivity index (χ1v) is 6.15. The average molecular weight is 273 g/mol. The second kappa shape index (κ2) is 6.06. The van der Waals surface area contributed by atoms with Crippen molar-refractivity contribution in [1.82, 2.24) is 0 Å². The molecule has 0 aliphatic carbocycles. The van der Waals surface area contributed by atoms with Crippen LogP contribution in [0.3, 0.4) is 0 Å². The summed E-state index contributed by atoms with van der Waals surface area (Å²) in [4.78, 5) is 4.12. The number of nitrogens with one attached hydrogen (secondary N) is 1. The van der Waals surface area contributed by atoms with Crippen LogP contribution in [0.4, 0.5) is 10.1 Å². The molecule has 0 fully saturated rings. The van der Waals surface area contributed by atoms with E-state index in [0.717, 1.165) is 11.3 Å². The van der Waals surface area contributed by atoms with Gasteiger partial charge in [-0.1, -0.05) is 23.8 Å². The number of aryl methyl sites for hydroxylation is 1. The Hall–Kier alpha value is -2.56. The summed E-state index contributed by atoms with van der Waals surface area (Å²) in [5, 5.41) is 12.0. The van der Waals surface area contributed by atoms with Crippen LogP contribution in [-0.4, -0.2) is 11.1 Å². The summed E-state index contributed by atoms with van der Waals surface area (Å²) < 4.78 is 13.1. The summed E-state index contributed by atoms with van der Waals surface area (Å²) in [5.74, 6) is -0.784. The number of benzene rings is 2. The van der Waals surface area contributed by atoms with Crippen molar-refractivity contribution in [2.24, 2.45) is 10.7 Å². The maximum atomic E-state index is 13.1. The number of halogens is 1. The van der Waals surface area contributed by atoms with Crippen molar-refractivity contribution in [3.05, 3.63) is 59.4 Å². The highest BCUT2D eigenvalue weighted by Crippen LogP contribution is 2.16. The highest BCUT2D eigenvalue weighted by molar-refractivity contribution is 5.92. The lowest BCUT2D eigenvalue weighted by Crippen LogP contribution is -2.22. The molecule has 0 unspecified atom stereocenters. The van der Waals surface area contributed by atoms with Crippen LogP contribution in [0.25, 0.3) is 0 Å². The normalized spacial score (nSPS) is 11.4. The van der Waals surface area contributed by atoms with Gasteiger partial charge in [0.25, 0.3) is 0 Å². The summed E-state index contributed by atoms with van der Waals surface area (Å²) in [5.41, 5.74) is 8.39. The van der Waals surface area contributed by atoms with Gasteiger partial charge in [-0.15, -0.1) is 0 Å². The first-order valence-electron chi connectivity index (χ1n) is 6.15. The molecular weight excluding hydrogens is 257 g/mol. The Bertz CT molecular complexity index is 624. The number of anilines is 1. The Balaban J connectivity index is 1.99. The Morgan fingerprint density at radius 2 is 1.95 bits per heavy atom. The van der Waals surface area contributed by atoms with Gasteiger partial charge in [-0.3, -0.25) is 0 Å². The van der Waals surface area contributed by atoms with Gasteiger partial charge < -0.3 is 16.2 Å². The fraction of sp³-hybridized carbons (Fsp3) is 0.133. The highest BCUT2D eigenvalue weighted by Gasteiger charge is 2.01. The van der Waals surface area contributed by atoms with E-state index in [4.69, 9.17) is 10.8 Å². The number of guanidine groups is 1. The highest BCUT2D eigenvalue weighted by atomic mass is 19.1. The topological polar surface area (TPSA) is 70.6 Å². The zero-order valence-corrected chi connectivity index (χ0v) is 11.1. The van der Waals surface area contributed by atoms with Crippen molar-refractivity contribution < 1.29 is 9.50 Å². The number of nitrogens with two attached hydrogens (primary N) is 1. The van der Waals surface area contributed by atoms with Gasteiger partial charge in [0.05, 0.1) is 6.54 Å². The molecule has 0 atom stereocenters. The lowest BCUT2D eigenvalue weighted by molar-refractivity contribution is 0.432. The van der Waals surface area contributed by atoms with Crippen molar-refractivity contribution >= 4 is 11.6 Å². The summed E-state index contributed by atoms with van der Waals surface area (Å²) in [6.45, 7) is 2.24. The second-order valence-corrected chi connectivity index (χ2v) is 4.48. The van der Waals surface area contributed by atoms with E-state index in [2.05, 4.69) is 10.3 Å². The predicted octanol–water partition coefficient (Wildman–Crippen LogP) is 2.77. The van der Waals surface area contributed by atoms with Crippen molar-refractivity contribution in [2.75, 3.05) is 5.32 Å². The minimum Gasteiger partial charge on any atom is -0.505 e. The van der Waals surface area contributed by atoms with E-state index in [1.807, 2.05) is 31.2 Å². The van der Waals surface area contributed by atoms with Crippen LogP contribution in [0.1, 0.15) is 11.1 Å². The molecule has 0 aliphatic heterocycles. The minimum atomic E-state index is -0.664. The van der Waals surface area contributed by atoms with Crippen LogP contribution in [0.15, 0.2) is 47.5 Å². The van der Waals surface area contributed by atoms with Crippen LogP contribution < -0.4 is 11.1 Å². The third kappa shape index (κ3) is 3.71. The van der Waals surface area contributed by atoms with Gasteiger partial charge in [0.15, 0.2) is 17.5 Å². The summed E-state index contributed by atoms with van der Waals surface area (Å²) >= 11 is 0. The van der Waals surface area contributed by atoms with E-state index in [9.17, 15) is 4.39 Å². The molecule has 0 heterocycles. The Morgan fingerprint density at radius 3 is 2.60 bits per heavy atom. The van der Waals surface area contributed by atoms with Gasteiger partial charge in [0, 0.05) is 5.69 Å². The molecule has 0 radical (unpaired) electrons. The third-order valence-electron chi connectivity index (χ3n) is 2.77. The fourth-order valence-corrected chi connectivity index (χ4v) is 1.65. The van der Waals surface area contributed by atoms with Gasteiger partial charge >= 0.3 is 0 Å². The Morgan fingerprint density at radius 1 is 1.25 bits per heavy atom. The summed E-state index contributed by atoms with van der Waals surface area (Å²) in [6.07, 6.45) is 0. The van der Waals surface area contributed by atoms with Crippen molar-refractivity contribution in [3.63, 3.8) is 0 Å². The molecular formula is C15H16FN3O. The first-order chi connectivity index (χ1) is 9.54. The second-order valence-electron chi connectivity index (χ2n) is 4.48. The van der Waals surface area contributed by atoms with Crippen LogP contribution in [0.5, 0.6) is 5.75 Å². The summed E-state index contributed by atoms with van der Waals surface area (Å²) in [7, 11) is 0. The molecule has 2 aromatic rings. The molecule has 4 nitrogen and oxygen atoms in total. The Kier molecular flexibility index (Phi) is 4.20. The third-order valence-corrected chi connectivity index (χ3v) is 2.77. The van der Waals surface area contributed by atoms with Crippen LogP contribution in [0.2, 0.25) is 0 Å². The number of aliphatic imine (C=N–C) groups is 1. The molecule has 4 N–H and O–H groups in total. The molecule has 104 valence electrons. The molecule has 0 saturated carbocycles. The standard InChI is InChI=1S/C15H16FN3O/c1-10-2-5-12(6-3-10)19-15(17)18-9-11-4-7-14(20)13(16)8-11/h2-8,20H,9H2,1H3,(H3,17,18,19). The molecule has 0 saturated heterocycles. The predicted molar refractivity (Wildman–Crippen MR) is 78.2 cm³/mol. The van der Waals surface area contributed by atoms with Gasteiger partial charge in [-0.2, -0.15) is 0 Å². The zero-order chi connectivity index (χ0) is 14.5. The van der Waals surface area contributed by atoms with E-state index < -0.39 is 5.82 Å². The molecule has 0 amide bonds. The quantitative estimate of drug-likeness (QED) is 0.595. The smallest absolute Gasteiger partial charge is 0.193 e. The lowest BCUT2D eigenvalue weighted by atomic mass is 10.2. The molecule has 0 spiro atoms. The van der Waals surface area contributed by atoms with Gasteiger partial charge in [-0.25, -0.2) is 9.38 Å². The zero-order valence-electron chi connectivity index (χ0n) is 11.1. The van der Waals surface area contributed by atoms with Crippen LogP contribution >= 0.6 is 0 Å². The number of hydrogen-bond acceptors (Lipinski definition) is 2. The van der Waals surface area contributed by atoms with Crippen molar-refractivity contribution in [3.8, 4) is 5.75 Å². The van der Waals surface area contributed by atoms with E-state index in [-0.39, 0.29) is 18.3 Å². The largest absolute Gasteiger partial charge is 0.505 e. The molecule has 0 bridgehead atoms. The maximum absolute atomic E-state index is 13.1. The average Bonchev–Trinajstić information content (AvgIpc) is 2.43. The SMILES string of the molecule is Cc1ccc(NC(N)=NCc2ccc(O)c(F)c2)cc1. The van der Waals surface area contributed by atoms with Gasteiger partial charge in [0.2, 0.25) is 0 Å². The van der Waals surface area contributed by atoms with Gasteiger partial charge in [0.1, 0.15) is 0 Å². The number of phenolic OH excluding ortho intramolecular Hbond substituents is 1. The number of hydrogen-bond donors (Lipinski definition) is 3. The van der Waals surface area contributed by atoms with Crippen LogP contribution in [0, 0.1) is 12.7 Å². The number of rotatable bonds is 3. The minimum absolute atomic E-state index is 0.238. The van der Waals surface area contributed by atoms with Crippen molar-refractivity contribution in [1.29, 1.82) is 0 Å². The fourth-order valence-electron chi connectivity index (χ4n) is 1.65. The summed E-state index contributed by atoms with van der Waals surface area (Å²) in [6, 6.07) is 11.9. The van der Waals surface area contributed by atoms with Gasteiger partial charge in [-0.05, 0) is 36.8 Å². The monoisotopic (exact) mass is 273 g/mol. The molecule has 20 heavy (non-hydrogen) atoms. The first kappa shape index (κ1) is 13.9. The Labute approximate surface area is 116 Å². The van der Waals surface area contributed by atoms with E-state index in [0.29, 0.717) is 5.56 Å². The lowest BCUT2D eigenvalue weighted by Gasteiger charge is -2.06. The maximum Gasteiger partial charge on any atom is 0.193 e. The molecule has 5 heteroatoms. The number of aromatic hydroxyl groups is 1. The molecule has 0 aliphatic rings. The van der Waals surface area contributed by atoms with Crippen LogP contribution in [-0.2, 0) is 6.54 Å². The van der Waals surface area contributed by atoms with E-state index >= 15 is 0 Å². The molecule has 0 aromatic heterocycles. The number of phenols is 1. The van der Waals surface area contributed by atoms with E-state index in [1.54, 1.807) is 6.07 Å². The van der Waals surface area contributed by atoms with Crippen molar-refractivity contribution in [2.45, 2.75) is 13.5 Å². The molecule has 2 rings (SSSR count). The van der Waals surface area contributed by atoms with E-state index in [1.165, 1.54) is 12.1 Å². The molecule has 2 aromatic carbocycles. The number of nitrogens with zero attached hydrogens (tertiary/aromatic N) is 1.